The van der Waals surface area contributed by atoms with Gasteiger partial charge in [0.05, 0.1) is 7.11 Å². The van der Waals surface area contributed by atoms with Gasteiger partial charge in [-0.05, 0) is 105 Å². The number of anilines is 1. The number of aromatic amines is 1. The SMILES string of the molecule is COc1ccc(CC2CCN(C(=O)N[C@H](Cc3c[nH]c4ccccc34)C(=O)N3C[C@H](CN(C)C)Cc4cc(Cl)ccc43)CC2)cc1. The number of amides is 3. The van der Waals surface area contributed by atoms with Crippen LogP contribution in [0.25, 0.3) is 10.9 Å². The Hall–Kier alpha value is -4.01. The lowest BCUT2D eigenvalue weighted by Gasteiger charge is -2.38. The predicted octanol–water partition coefficient (Wildman–Crippen LogP) is 6.17. The molecule has 2 N–H and O–H groups in total. The molecular formula is C37H44ClN5O3. The van der Waals surface area contributed by atoms with Gasteiger partial charge in [0.1, 0.15) is 11.8 Å². The van der Waals surface area contributed by atoms with Crippen LogP contribution in [0.15, 0.2) is 72.9 Å². The highest BCUT2D eigenvalue weighted by Crippen LogP contribution is 2.33. The first-order valence-corrected chi connectivity index (χ1v) is 16.6. The third kappa shape index (κ3) is 7.34. The van der Waals surface area contributed by atoms with Crippen LogP contribution in [0.1, 0.15) is 29.5 Å². The molecule has 0 radical (unpaired) electrons. The van der Waals surface area contributed by atoms with Gasteiger partial charge < -0.3 is 29.7 Å². The fourth-order valence-corrected chi connectivity index (χ4v) is 7.34. The molecule has 2 aliphatic rings. The van der Waals surface area contributed by atoms with E-state index in [1.807, 2.05) is 64.5 Å². The average molecular weight is 642 g/mol. The number of urea groups is 1. The van der Waals surface area contributed by atoms with Gasteiger partial charge in [0.15, 0.2) is 0 Å². The smallest absolute Gasteiger partial charge is 0.318 e. The zero-order valence-electron chi connectivity index (χ0n) is 27.0. The topological polar surface area (TPSA) is 80.9 Å². The quantitative estimate of drug-likeness (QED) is 0.229. The molecule has 0 spiro atoms. The maximum atomic E-state index is 14.6. The van der Waals surface area contributed by atoms with Gasteiger partial charge in [-0.25, -0.2) is 4.79 Å². The molecule has 1 saturated heterocycles. The van der Waals surface area contributed by atoms with E-state index in [4.69, 9.17) is 16.3 Å². The number of nitrogens with one attached hydrogen (secondary N) is 2. The number of hydrogen-bond acceptors (Lipinski definition) is 4. The van der Waals surface area contributed by atoms with Gasteiger partial charge in [-0.3, -0.25) is 4.79 Å². The minimum absolute atomic E-state index is 0.0972. The van der Waals surface area contributed by atoms with E-state index in [0.29, 0.717) is 37.0 Å². The molecule has 1 fully saturated rings. The van der Waals surface area contributed by atoms with Crippen LogP contribution in [0, 0.1) is 11.8 Å². The number of nitrogens with zero attached hydrogens (tertiary/aromatic N) is 3. The lowest BCUT2D eigenvalue weighted by molar-refractivity contribution is -0.120. The summed E-state index contributed by atoms with van der Waals surface area (Å²) in [7, 11) is 5.79. The largest absolute Gasteiger partial charge is 0.497 e. The molecule has 0 unspecified atom stereocenters. The normalized spacial score (nSPS) is 17.6. The number of benzene rings is 3. The number of rotatable bonds is 9. The summed E-state index contributed by atoms with van der Waals surface area (Å²) in [5.41, 5.74) is 5.24. The number of carbonyl (C=O) groups excluding carboxylic acids is 2. The number of ether oxygens (including phenoxy) is 1. The molecule has 9 heteroatoms. The molecule has 3 aromatic carbocycles. The molecule has 0 bridgehead atoms. The van der Waals surface area contributed by atoms with Crippen molar-refractivity contribution in [1.82, 2.24) is 20.1 Å². The summed E-state index contributed by atoms with van der Waals surface area (Å²) in [6, 6.07) is 21.2. The van der Waals surface area contributed by atoms with Crippen molar-refractivity contribution in [2.75, 3.05) is 52.3 Å². The average Bonchev–Trinajstić information content (AvgIpc) is 3.46. The number of piperidine rings is 1. The summed E-state index contributed by atoms with van der Waals surface area (Å²) in [6.45, 7) is 2.76. The lowest BCUT2D eigenvalue weighted by atomic mass is 9.90. The van der Waals surface area contributed by atoms with Crippen molar-refractivity contribution < 1.29 is 14.3 Å². The van der Waals surface area contributed by atoms with Crippen LogP contribution in [-0.2, 0) is 24.1 Å². The van der Waals surface area contributed by atoms with Crippen LogP contribution in [0.2, 0.25) is 5.02 Å². The Morgan fingerprint density at radius 2 is 1.80 bits per heavy atom. The van der Waals surface area contributed by atoms with E-state index in [0.717, 1.165) is 65.7 Å². The zero-order chi connectivity index (χ0) is 32.2. The number of methoxy groups -OCH3 is 1. The molecule has 2 aliphatic heterocycles. The van der Waals surface area contributed by atoms with E-state index in [1.165, 1.54) is 5.56 Å². The van der Waals surface area contributed by atoms with Crippen molar-refractivity contribution >= 4 is 40.1 Å². The number of carbonyl (C=O) groups is 2. The second-order valence-corrected chi connectivity index (χ2v) is 13.5. The van der Waals surface area contributed by atoms with Crippen molar-refractivity contribution in [2.45, 2.75) is 38.1 Å². The molecule has 0 aliphatic carbocycles. The number of halogens is 1. The molecule has 242 valence electrons. The summed E-state index contributed by atoms with van der Waals surface area (Å²) in [5.74, 6) is 1.52. The fraction of sp³-hybridized carbons (Fsp3) is 0.405. The van der Waals surface area contributed by atoms with Crippen LogP contribution >= 0.6 is 11.6 Å². The number of likely N-dealkylation sites (tertiary alicyclic amines) is 1. The maximum Gasteiger partial charge on any atom is 0.318 e. The predicted molar refractivity (Wildman–Crippen MR) is 185 cm³/mol. The van der Waals surface area contributed by atoms with Crippen LogP contribution in [0.5, 0.6) is 5.75 Å². The van der Waals surface area contributed by atoms with Gasteiger partial charge in [-0.2, -0.15) is 0 Å². The molecule has 6 rings (SSSR count). The summed E-state index contributed by atoms with van der Waals surface area (Å²) in [4.78, 5) is 37.7. The van der Waals surface area contributed by atoms with Gasteiger partial charge >= 0.3 is 6.03 Å². The van der Waals surface area contributed by atoms with E-state index in [1.54, 1.807) is 7.11 Å². The number of H-pyrrole nitrogens is 1. The van der Waals surface area contributed by atoms with Crippen molar-refractivity contribution in [1.29, 1.82) is 0 Å². The van der Waals surface area contributed by atoms with Gasteiger partial charge in [0.25, 0.3) is 0 Å². The molecule has 46 heavy (non-hydrogen) atoms. The highest BCUT2D eigenvalue weighted by molar-refractivity contribution is 6.30. The van der Waals surface area contributed by atoms with Crippen LogP contribution in [0.3, 0.4) is 0 Å². The maximum absolute atomic E-state index is 14.6. The monoisotopic (exact) mass is 641 g/mol. The van der Waals surface area contributed by atoms with Crippen molar-refractivity contribution in [3.63, 3.8) is 0 Å². The van der Waals surface area contributed by atoms with E-state index in [2.05, 4.69) is 47.5 Å². The summed E-state index contributed by atoms with van der Waals surface area (Å²) < 4.78 is 5.30. The Morgan fingerprint density at radius 1 is 1.04 bits per heavy atom. The number of aromatic nitrogens is 1. The summed E-state index contributed by atoms with van der Waals surface area (Å²) >= 11 is 6.41. The molecule has 1 aromatic heterocycles. The fourth-order valence-electron chi connectivity index (χ4n) is 7.14. The van der Waals surface area contributed by atoms with Gasteiger partial charge in [0, 0.05) is 60.4 Å². The molecule has 3 heterocycles. The van der Waals surface area contributed by atoms with E-state index in [9.17, 15) is 9.59 Å². The molecule has 2 atom stereocenters. The summed E-state index contributed by atoms with van der Waals surface area (Å²) in [5, 5.41) is 4.92. The third-order valence-electron chi connectivity index (χ3n) is 9.45. The van der Waals surface area contributed by atoms with E-state index >= 15 is 0 Å². The minimum Gasteiger partial charge on any atom is -0.497 e. The van der Waals surface area contributed by atoms with E-state index in [-0.39, 0.29) is 17.9 Å². The van der Waals surface area contributed by atoms with Crippen LogP contribution < -0.4 is 15.0 Å². The van der Waals surface area contributed by atoms with Crippen molar-refractivity contribution in [3.8, 4) is 5.75 Å². The van der Waals surface area contributed by atoms with Crippen molar-refractivity contribution in [2.24, 2.45) is 11.8 Å². The first-order chi connectivity index (χ1) is 22.3. The molecule has 8 nitrogen and oxygen atoms in total. The second kappa shape index (κ2) is 14.2. The number of fused-ring (bicyclic) bond motifs is 2. The Morgan fingerprint density at radius 3 is 2.54 bits per heavy atom. The van der Waals surface area contributed by atoms with Crippen LogP contribution in [0.4, 0.5) is 10.5 Å². The van der Waals surface area contributed by atoms with Crippen LogP contribution in [-0.4, -0.2) is 80.1 Å². The molecule has 3 amide bonds. The standard InChI is InChI=1S/C37H44ClN5O3/c1-41(2)23-27-19-28-20-30(38)10-13-35(28)43(24-27)36(44)34(21-29-22-39-33-7-5-4-6-32(29)33)40-37(45)42-16-14-26(15-17-42)18-25-8-11-31(46-3)12-9-25/h4-13,20,22,26-27,34,39H,14-19,21,23-24H2,1-3H3,(H,40,45)/t27-,34+/m0/s1. The molecule has 4 aromatic rings. The van der Waals surface area contributed by atoms with Gasteiger partial charge in [0.2, 0.25) is 5.91 Å². The van der Waals surface area contributed by atoms with Gasteiger partial charge in [-0.1, -0.05) is 41.9 Å². The first kappa shape index (κ1) is 32.0. The lowest BCUT2D eigenvalue weighted by Crippen LogP contribution is -2.56. The molecular weight excluding hydrogens is 598 g/mol. The van der Waals surface area contributed by atoms with E-state index < -0.39 is 6.04 Å². The second-order valence-electron chi connectivity index (χ2n) is 13.1. The Kier molecular flexibility index (Phi) is 9.85. The Balaban J connectivity index is 1.20. The third-order valence-corrected chi connectivity index (χ3v) is 9.69. The first-order valence-electron chi connectivity index (χ1n) is 16.2. The molecule has 0 saturated carbocycles. The zero-order valence-corrected chi connectivity index (χ0v) is 27.7. The van der Waals surface area contributed by atoms with Gasteiger partial charge in [-0.15, -0.1) is 0 Å². The Labute approximate surface area is 276 Å². The van der Waals surface area contributed by atoms with Crippen molar-refractivity contribution in [3.05, 3.63) is 94.6 Å². The highest BCUT2D eigenvalue weighted by atomic mass is 35.5. The number of hydrogen-bond donors (Lipinski definition) is 2. The minimum atomic E-state index is -0.731. The highest BCUT2D eigenvalue weighted by Gasteiger charge is 2.35. The Bertz CT molecular complexity index is 1660. The summed E-state index contributed by atoms with van der Waals surface area (Å²) in [6.07, 6.45) is 6.03. The number of para-hydroxylation sites is 1.